The van der Waals surface area contributed by atoms with Crippen LogP contribution in [0.25, 0.3) is 6.08 Å². The monoisotopic (exact) mass is 573 g/mol. The summed E-state index contributed by atoms with van der Waals surface area (Å²) in [6, 6.07) is 7.68. The average Bonchev–Trinajstić information content (AvgIpc) is 3.28. The molecule has 1 aliphatic heterocycles. The molecular formula is C31H44ClN3O5. The van der Waals surface area contributed by atoms with E-state index in [9.17, 15) is 14.4 Å². The molecule has 40 heavy (non-hydrogen) atoms. The Kier molecular flexibility index (Phi) is 13.8. The highest BCUT2D eigenvalue weighted by molar-refractivity contribution is 6.35. The van der Waals surface area contributed by atoms with Crippen LogP contribution in [0.4, 0.5) is 5.69 Å². The van der Waals surface area contributed by atoms with Gasteiger partial charge in [0, 0.05) is 57.3 Å². The van der Waals surface area contributed by atoms with Crippen LogP contribution < -0.4 is 4.90 Å². The highest BCUT2D eigenvalue weighted by Crippen LogP contribution is 2.32. The number of hydrogen-bond acceptors (Lipinski definition) is 7. The molecule has 0 bridgehead atoms. The number of carbonyl (C=O) groups excluding carboxylic acids is 3. The van der Waals surface area contributed by atoms with E-state index in [0.717, 1.165) is 49.4 Å². The number of halogens is 1. The number of nitrogens with zero attached hydrogens (tertiary/aromatic N) is 3. The van der Waals surface area contributed by atoms with Crippen LogP contribution >= 0.6 is 11.6 Å². The van der Waals surface area contributed by atoms with Gasteiger partial charge >= 0.3 is 0 Å². The molecule has 3 rings (SSSR count). The molecule has 0 aromatic heterocycles. The first kappa shape index (κ1) is 32.0. The van der Waals surface area contributed by atoms with Crippen LogP contribution in [-0.4, -0.2) is 81.2 Å². The molecule has 1 heterocycles. The zero-order valence-electron chi connectivity index (χ0n) is 24.0. The molecule has 220 valence electrons. The van der Waals surface area contributed by atoms with E-state index in [-0.39, 0.29) is 35.2 Å². The van der Waals surface area contributed by atoms with E-state index in [2.05, 4.69) is 4.99 Å². The van der Waals surface area contributed by atoms with Crippen LogP contribution in [0, 0.1) is 5.92 Å². The van der Waals surface area contributed by atoms with Gasteiger partial charge in [0.15, 0.2) is 12.1 Å². The molecule has 1 aliphatic carbocycles. The topological polar surface area (TPSA) is 88.5 Å². The zero-order valence-corrected chi connectivity index (χ0v) is 24.7. The Bertz CT molecular complexity index is 1020. The molecule has 0 unspecified atom stereocenters. The first-order chi connectivity index (χ1) is 19.4. The predicted octanol–water partition coefficient (Wildman–Crippen LogP) is 5.27. The van der Waals surface area contributed by atoms with Gasteiger partial charge in [-0.05, 0) is 68.7 Å². The summed E-state index contributed by atoms with van der Waals surface area (Å²) in [7, 11) is 3.94. The number of Topliss-reactive ketones (excluding diaryl/α,β-unsaturated/α-hetero) is 1. The molecule has 0 spiro atoms. The molecule has 0 saturated heterocycles. The third-order valence-corrected chi connectivity index (χ3v) is 7.78. The van der Waals surface area contributed by atoms with Gasteiger partial charge in [-0.3, -0.25) is 19.3 Å². The summed E-state index contributed by atoms with van der Waals surface area (Å²) in [5.41, 5.74) is 2.18. The van der Waals surface area contributed by atoms with Gasteiger partial charge in [-0.15, -0.1) is 11.6 Å². The smallest absolute Gasteiger partial charge is 0.278 e. The lowest BCUT2D eigenvalue weighted by atomic mass is 9.81. The summed E-state index contributed by atoms with van der Waals surface area (Å²) in [4.78, 5) is 45.6. The molecule has 1 aromatic carbocycles. The Labute approximate surface area is 243 Å². The van der Waals surface area contributed by atoms with E-state index in [4.69, 9.17) is 21.1 Å². The summed E-state index contributed by atoms with van der Waals surface area (Å²) in [5.74, 6) is 0.888. The minimum atomic E-state index is -0.249. The lowest BCUT2D eigenvalue weighted by Crippen LogP contribution is -2.44. The quantitative estimate of drug-likeness (QED) is 0.103. The number of amidine groups is 1. The summed E-state index contributed by atoms with van der Waals surface area (Å²) in [6.07, 6.45) is 10.8. The molecular weight excluding hydrogens is 530 g/mol. The number of anilines is 1. The molecule has 2 aliphatic rings. The van der Waals surface area contributed by atoms with E-state index in [1.165, 1.54) is 4.90 Å². The van der Waals surface area contributed by atoms with E-state index in [1.807, 2.05) is 43.3 Å². The Balaban J connectivity index is 1.35. The van der Waals surface area contributed by atoms with E-state index in [0.29, 0.717) is 64.6 Å². The molecule has 0 atom stereocenters. The van der Waals surface area contributed by atoms with E-state index in [1.54, 1.807) is 6.08 Å². The highest BCUT2D eigenvalue weighted by Gasteiger charge is 2.38. The molecule has 8 nitrogen and oxygen atoms in total. The van der Waals surface area contributed by atoms with Crippen LogP contribution in [0.3, 0.4) is 0 Å². The number of ketones is 1. The molecule has 1 amide bonds. The first-order valence-electron chi connectivity index (χ1n) is 14.5. The van der Waals surface area contributed by atoms with Crippen LogP contribution in [0.15, 0.2) is 35.0 Å². The van der Waals surface area contributed by atoms with Crippen LogP contribution in [0.1, 0.15) is 69.8 Å². The van der Waals surface area contributed by atoms with Crippen molar-refractivity contribution < 1.29 is 23.9 Å². The maximum absolute atomic E-state index is 13.2. The number of unbranched alkanes of at least 4 members (excludes halogenated alkanes) is 3. The minimum Gasteiger partial charge on any atom is -0.379 e. The molecule has 1 aromatic rings. The highest BCUT2D eigenvalue weighted by atomic mass is 35.5. The lowest BCUT2D eigenvalue weighted by Gasteiger charge is -2.33. The summed E-state index contributed by atoms with van der Waals surface area (Å²) < 4.78 is 11.2. The van der Waals surface area contributed by atoms with Crippen LogP contribution in [0.5, 0.6) is 0 Å². The van der Waals surface area contributed by atoms with Crippen molar-refractivity contribution in [1.82, 2.24) is 4.90 Å². The maximum Gasteiger partial charge on any atom is 0.278 e. The van der Waals surface area contributed by atoms with Gasteiger partial charge in [0.1, 0.15) is 11.5 Å². The van der Waals surface area contributed by atoms with Gasteiger partial charge in [0.25, 0.3) is 5.91 Å². The number of benzene rings is 1. The lowest BCUT2D eigenvalue weighted by molar-refractivity contribution is -0.126. The van der Waals surface area contributed by atoms with Crippen molar-refractivity contribution >= 4 is 47.2 Å². The van der Waals surface area contributed by atoms with Gasteiger partial charge in [0.05, 0.1) is 13.2 Å². The molecule has 9 heteroatoms. The number of aldehydes is 1. The third kappa shape index (κ3) is 9.82. The predicted molar refractivity (Wildman–Crippen MR) is 160 cm³/mol. The summed E-state index contributed by atoms with van der Waals surface area (Å²) >= 11 is 5.67. The third-order valence-electron chi connectivity index (χ3n) is 7.51. The standard InChI is InChI=1S/C31H44ClN3O5/c1-34(2)26-13-9-24(10-14-26)22-28-31(38)35(30(23-36)33-28)27-15-11-25(12-16-27)29(37)8-7-19-40-21-20-39-18-6-4-3-5-17-32/h9-10,13-14,22-23,25,27H,3-8,11-12,15-21H2,1-2H3/b28-22-. The van der Waals surface area contributed by atoms with Crippen LogP contribution in [-0.2, 0) is 23.9 Å². The molecule has 1 saturated carbocycles. The fourth-order valence-corrected chi connectivity index (χ4v) is 5.38. The second kappa shape index (κ2) is 17.3. The second-order valence-electron chi connectivity index (χ2n) is 10.7. The number of ether oxygens (including phenoxy) is 2. The molecule has 0 radical (unpaired) electrons. The van der Waals surface area contributed by atoms with Crippen LogP contribution in [0.2, 0.25) is 0 Å². The number of alkyl halides is 1. The normalized spacial score (nSPS) is 20.2. The Morgan fingerprint density at radius 1 is 0.975 bits per heavy atom. The summed E-state index contributed by atoms with van der Waals surface area (Å²) in [6.45, 7) is 2.42. The minimum absolute atomic E-state index is 0.00191. The number of amides is 1. The summed E-state index contributed by atoms with van der Waals surface area (Å²) in [5, 5.41) is 0. The number of aliphatic imine (C=N–C) groups is 1. The Hall–Kier alpha value is -2.55. The SMILES string of the molecule is CN(C)c1ccc(/C=C2\N=C(C=O)N(C3CCC(C(=O)CCCOCCOCCCCCCCl)CC3)C2=O)cc1. The van der Waals surface area contributed by atoms with Crippen molar-refractivity contribution in [2.45, 2.75) is 70.3 Å². The maximum atomic E-state index is 13.2. The molecule has 0 N–H and O–H groups in total. The zero-order chi connectivity index (χ0) is 28.7. The van der Waals surface area contributed by atoms with Gasteiger partial charge in [0.2, 0.25) is 0 Å². The van der Waals surface area contributed by atoms with Crippen molar-refractivity contribution in [2.75, 3.05) is 51.3 Å². The molecule has 1 fully saturated rings. The fraction of sp³-hybridized carbons (Fsp3) is 0.613. The van der Waals surface area contributed by atoms with Crippen molar-refractivity contribution in [3.8, 4) is 0 Å². The Morgan fingerprint density at radius 2 is 1.62 bits per heavy atom. The largest absolute Gasteiger partial charge is 0.379 e. The van der Waals surface area contributed by atoms with Crippen molar-refractivity contribution in [2.24, 2.45) is 10.9 Å². The van der Waals surface area contributed by atoms with Crippen molar-refractivity contribution in [3.63, 3.8) is 0 Å². The van der Waals surface area contributed by atoms with E-state index >= 15 is 0 Å². The van der Waals surface area contributed by atoms with Gasteiger partial charge in [-0.1, -0.05) is 25.0 Å². The van der Waals surface area contributed by atoms with Crippen molar-refractivity contribution in [3.05, 3.63) is 35.5 Å². The number of carbonyl (C=O) groups is 3. The van der Waals surface area contributed by atoms with Gasteiger partial charge < -0.3 is 14.4 Å². The van der Waals surface area contributed by atoms with Crippen molar-refractivity contribution in [1.29, 1.82) is 0 Å². The average molecular weight is 574 g/mol. The Morgan fingerprint density at radius 3 is 2.25 bits per heavy atom. The second-order valence-corrected chi connectivity index (χ2v) is 11.1. The number of rotatable bonds is 18. The van der Waals surface area contributed by atoms with Gasteiger partial charge in [-0.2, -0.15) is 0 Å². The fourth-order valence-electron chi connectivity index (χ4n) is 5.19. The first-order valence-corrected chi connectivity index (χ1v) is 15.1. The van der Waals surface area contributed by atoms with E-state index < -0.39 is 0 Å². The van der Waals surface area contributed by atoms with Gasteiger partial charge in [-0.25, -0.2) is 4.99 Å². The number of hydrogen-bond donors (Lipinski definition) is 0.